The van der Waals surface area contributed by atoms with Crippen molar-refractivity contribution in [2.45, 2.75) is 26.8 Å². The van der Waals surface area contributed by atoms with Gasteiger partial charge in [0.2, 0.25) is 0 Å². The lowest BCUT2D eigenvalue weighted by Gasteiger charge is -2.17. The number of hydrogen-bond donors (Lipinski definition) is 1. The summed E-state index contributed by atoms with van der Waals surface area (Å²) in [5.41, 5.74) is 0.660. The molecular weight excluding hydrogens is 176 g/mol. The lowest BCUT2D eigenvalue weighted by molar-refractivity contribution is 0.0930. The largest absolute Gasteiger partial charge is 0.349 e. The van der Waals surface area contributed by atoms with Crippen molar-refractivity contribution in [2.24, 2.45) is 5.92 Å². The van der Waals surface area contributed by atoms with Crippen LogP contribution in [0.25, 0.3) is 0 Å². The molecule has 3 nitrogen and oxygen atoms in total. The molecule has 0 aromatic carbocycles. The van der Waals surface area contributed by atoms with E-state index in [1.165, 1.54) is 0 Å². The zero-order valence-electron chi connectivity index (χ0n) is 8.82. The third kappa shape index (κ3) is 2.83. The Labute approximate surface area is 84.6 Å². The second-order valence-electron chi connectivity index (χ2n) is 3.74. The highest BCUT2D eigenvalue weighted by Crippen LogP contribution is 2.02. The normalized spacial score (nSPS) is 12.6. The zero-order valence-corrected chi connectivity index (χ0v) is 8.82. The van der Waals surface area contributed by atoms with Gasteiger partial charge in [-0.05, 0) is 25.0 Å². The van der Waals surface area contributed by atoms with E-state index in [0.717, 1.165) is 0 Å². The van der Waals surface area contributed by atoms with Crippen LogP contribution >= 0.6 is 0 Å². The van der Waals surface area contributed by atoms with Gasteiger partial charge in [0, 0.05) is 24.0 Å². The fourth-order valence-corrected chi connectivity index (χ4v) is 0.960. The van der Waals surface area contributed by atoms with Crippen LogP contribution < -0.4 is 5.32 Å². The smallest absolute Gasteiger partial charge is 0.251 e. The Kier molecular flexibility index (Phi) is 3.63. The number of carbonyl (C=O) groups excluding carboxylic acids is 1. The number of nitrogens with zero attached hydrogens (tertiary/aromatic N) is 1. The predicted octanol–water partition coefficient (Wildman–Crippen LogP) is 1.86. The molecule has 1 rings (SSSR count). The van der Waals surface area contributed by atoms with Gasteiger partial charge in [0.25, 0.3) is 5.91 Å². The first kappa shape index (κ1) is 10.7. The molecule has 0 radical (unpaired) electrons. The molecule has 1 heterocycles. The van der Waals surface area contributed by atoms with Gasteiger partial charge in [-0.25, -0.2) is 0 Å². The second kappa shape index (κ2) is 4.74. The number of hydrogen-bond acceptors (Lipinski definition) is 2. The summed E-state index contributed by atoms with van der Waals surface area (Å²) < 4.78 is 0. The van der Waals surface area contributed by atoms with E-state index < -0.39 is 0 Å². The van der Waals surface area contributed by atoms with Gasteiger partial charge in [-0.15, -0.1) is 0 Å². The van der Waals surface area contributed by atoms with Crippen LogP contribution in [0.1, 0.15) is 31.1 Å². The average Bonchev–Trinajstić information content (AvgIpc) is 2.19. The van der Waals surface area contributed by atoms with Crippen LogP contribution in [0.15, 0.2) is 24.5 Å². The third-order valence-electron chi connectivity index (χ3n) is 2.30. The van der Waals surface area contributed by atoms with Crippen molar-refractivity contribution in [3.05, 3.63) is 30.1 Å². The lowest BCUT2D eigenvalue weighted by atomic mass is 10.1. The van der Waals surface area contributed by atoms with Crippen molar-refractivity contribution in [2.75, 3.05) is 0 Å². The summed E-state index contributed by atoms with van der Waals surface area (Å²) in [6.07, 6.45) is 3.24. The monoisotopic (exact) mass is 192 g/mol. The molecule has 0 saturated heterocycles. The Morgan fingerprint density at radius 1 is 1.29 bits per heavy atom. The van der Waals surface area contributed by atoms with Gasteiger partial charge in [0.1, 0.15) is 0 Å². The molecule has 0 spiro atoms. The molecule has 1 N–H and O–H groups in total. The number of nitrogens with one attached hydrogen (secondary N) is 1. The number of amides is 1. The minimum absolute atomic E-state index is 0.0337. The highest BCUT2D eigenvalue weighted by atomic mass is 16.1. The summed E-state index contributed by atoms with van der Waals surface area (Å²) in [6.45, 7) is 6.17. The summed E-state index contributed by atoms with van der Waals surface area (Å²) in [7, 11) is 0. The molecule has 76 valence electrons. The zero-order chi connectivity index (χ0) is 10.6. The van der Waals surface area contributed by atoms with E-state index in [4.69, 9.17) is 0 Å². The molecule has 0 aliphatic rings. The molecule has 14 heavy (non-hydrogen) atoms. The van der Waals surface area contributed by atoms with E-state index in [0.29, 0.717) is 11.5 Å². The van der Waals surface area contributed by atoms with Crippen molar-refractivity contribution >= 4 is 5.91 Å². The predicted molar refractivity (Wildman–Crippen MR) is 56.0 cm³/mol. The summed E-state index contributed by atoms with van der Waals surface area (Å²) in [5, 5.41) is 2.93. The van der Waals surface area contributed by atoms with Gasteiger partial charge >= 0.3 is 0 Å². The second-order valence-corrected chi connectivity index (χ2v) is 3.74. The Balaban J connectivity index is 2.60. The molecule has 1 aromatic rings. The maximum absolute atomic E-state index is 11.6. The van der Waals surface area contributed by atoms with E-state index in [1.54, 1.807) is 24.5 Å². The molecule has 0 unspecified atom stereocenters. The quantitative estimate of drug-likeness (QED) is 0.794. The Morgan fingerprint density at radius 3 is 2.36 bits per heavy atom. The van der Waals surface area contributed by atoms with Gasteiger partial charge < -0.3 is 5.32 Å². The van der Waals surface area contributed by atoms with Crippen LogP contribution in [0.5, 0.6) is 0 Å². The molecule has 0 fully saturated rings. The summed E-state index contributed by atoms with van der Waals surface area (Å²) in [6, 6.07) is 3.61. The highest BCUT2D eigenvalue weighted by molar-refractivity contribution is 5.94. The van der Waals surface area contributed by atoms with E-state index in [2.05, 4.69) is 24.1 Å². The molecule has 3 heteroatoms. The third-order valence-corrected chi connectivity index (χ3v) is 2.30. The first-order chi connectivity index (χ1) is 6.61. The first-order valence-corrected chi connectivity index (χ1v) is 4.82. The molecule has 0 aliphatic heterocycles. The molecule has 0 bridgehead atoms. The number of pyridine rings is 1. The number of carbonyl (C=O) groups is 1. The topological polar surface area (TPSA) is 42.0 Å². The Bertz CT molecular complexity index is 295. The van der Waals surface area contributed by atoms with Gasteiger partial charge in [-0.3, -0.25) is 9.78 Å². The maximum atomic E-state index is 11.6. The van der Waals surface area contributed by atoms with Crippen LogP contribution in [0.2, 0.25) is 0 Å². The van der Waals surface area contributed by atoms with Crippen LogP contribution in [-0.4, -0.2) is 16.9 Å². The first-order valence-electron chi connectivity index (χ1n) is 4.82. The van der Waals surface area contributed by atoms with Crippen LogP contribution in [0.4, 0.5) is 0 Å². The van der Waals surface area contributed by atoms with Gasteiger partial charge in [-0.1, -0.05) is 13.8 Å². The summed E-state index contributed by atoms with van der Waals surface area (Å²) in [4.78, 5) is 15.5. The number of aromatic nitrogens is 1. The van der Waals surface area contributed by atoms with E-state index >= 15 is 0 Å². The Hall–Kier alpha value is -1.38. The van der Waals surface area contributed by atoms with Crippen LogP contribution in [0, 0.1) is 5.92 Å². The fourth-order valence-electron chi connectivity index (χ4n) is 0.960. The van der Waals surface area contributed by atoms with Crippen molar-refractivity contribution in [1.29, 1.82) is 0 Å². The van der Waals surface area contributed by atoms with Crippen LogP contribution in [-0.2, 0) is 0 Å². The van der Waals surface area contributed by atoms with Gasteiger partial charge in [0.05, 0.1) is 0 Å². The van der Waals surface area contributed by atoms with Gasteiger partial charge in [-0.2, -0.15) is 0 Å². The van der Waals surface area contributed by atoms with E-state index in [1.807, 2.05) is 6.92 Å². The maximum Gasteiger partial charge on any atom is 0.251 e. The molecule has 0 saturated carbocycles. The number of rotatable bonds is 3. The minimum Gasteiger partial charge on any atom is -0.349 e. The molecule has 1 atom stereocenters. The minimum atomic E-state index is -0.0337. The molecule has 1 aromatic heterocycles. The van der Waals surface area contributed by atoms with Crippen LogP contribution in [0.3, 0.4) is 0 Å². The average molecular weight is 192 g/mol. The molecule has 0 aliphatic carbocycles. The molecular formula is C11H16N2O. The fraction of sp³-hybridized carbons (Fsp3) is 0.455. The van der Waals surface area contributed by atoms with Gasteiger partial charge in [0.15, 0.2) is 0 Å². The molecule has 1 amide bonds. The van der Waals surface area contributed by atoms with E-state index in [-0.39, 0.29) is 11.9 Å². The van der Waals surface area contributed by atoms with Crippen molar-refractivity contribution in [1.82, 2.24) is 10.3 Å². The lowest BCUT2D eigenvalue weighted by Crippen LogP contribution is -2.36. The van der Waals surface area contributed by atoms with Crippen molar-refractivity contribution < 1.29 is 4.79 Å². The van der Waals surface area contributed by atoms with Crippen molar-refractivity contribution in [3.63, 3.8) is 0 Å². The Morgan fingerprint density at radius 2 is 1.86 bits per heavy atom. The highest BCUT2D eigenvalue weighted by Gasteiger charge is 2.11. The van der Waals surface area contributed by atoms with Crippen molar-refractivity contribution in [3.8, 4) is 0 Å². The standard InChI is InChI=1S/C11H16N2O/c1-8(2)9(3)13-11(14)10-4-6-12-7-5-10/h4-9H,1-3H3,(H,13,14)/t9-/m1/s1. The van der Waals surface area contributed by atoms with E-state index in [9.17, 15) is 4.79 Å². The summed E-state index contributed by atoms with van der Waals surface area (Å²) in [5.74, 6) is 0.411. The summed E-state index contributed by atoms with van der Waals surface area (Å²) >= 11 is 0. The SMILES string of the molecule is CC(C)[C@@H](C)NC(=O)c1ccncc1.